The molecule has 2 rings (SSSR count). The molecule has 0 spiro atoms. The molecule has 0 bridgehead atoms. The van der Waals surface area contributed by atoms with E-state index in [9.17, 15) is 4.79 Å². The van der Waals surface area contributed by atoms with Crippen LogP contribution in [-0.4, -0.2) is 11.1 Å². The van der Waals surface area contributed by atoms with E-state index in [1.54, 1.807) is 0 Å². The Bertz CT molecular complexity index is 557. The summed E-state index contributed by atoms with van der Waals surface area (Å²) < 4.78 is 5.19. The highest BCUT2D eigenvalue weighted by atomic mass is 16.4. The molecule has 0 aliphatic heterocycles. The summed E-state index contributed by atoms with van der Waals surface area (Å²) in [5.41, 5.74) is 2.60. The van der Waals surface area contributed by atoms with Crippen LogP contribution in [0.2, 0.25) is 0 Å². The Kier molecular flexibility index (Phi) is 4.02. The van der Waals surface area contributed by atoms with Gasteiger partial charge in [0.25, 0.3) is 0 Å². The van der Waals surface area contributed by atoms with Gasteiger partial charge in [-0.3, -0.25) is 0 Å². The first-order chi connectivity index (χ1) is 9.06. The van der Waals surface area contributed by atoms with E-state index in [0.29, 0.717) is 12.3 Å². The first kappa shape index (κ1) is 13.4. The first-order valence-corrected chi connectivity index (χ1v) is 6.17. The number of carboxylic acids is 1. The average molecular weight is 259 g/mol. The number of aromatic carboxylic acids is 1. The molecule has 1 atom stereocenters. The van der Waals surface area contributed by atoms with Gasteiger partial charge in [-0.15, -0.1) is 0 Å². The fourth-order valence-electron chi connectivity index (χ4n) is 1.81. The molecular formula is C15H17NO3. The van der Waals surface area contributed by atoms with Gasteiger partial charge in [0.15, 0.2) is 0 Å². The van der Waals surface area contributed by atoms with Crippen molar-refractivity contribution in [2.75, 3.05) is 0 Å². The third-order valence-corrected chi connectivity index (χ3v) is 3.06. The van der Waals surface area contributed by atoms with E-state index >= 15 is 0 Å². The average Bonchev–Trinajstić information content (AvgIpc) is 2.86. The lowest BCUT2D eigenvalue weighted by Crippen LogP contribution is -2.17. The molecular weight excluding hydrogens is 242 g/mol. The molecule has 0 saturated carbocycles. The van der Waals surface area contributed by atoms with Crippen molar-refractivity contribution < 1.29 is 14.3 Å². The molecule has 0 amide bonds. The highest BCUT2D eigenvalue weighted by Gasteiger charge is 2.10. The number of hydrogen-bond acceptors (Lipinski definition) is 3. The second-order valence-electron chi connectivity index (χ2n) is 4.62. The van der Waals surface area contributed by atoms with Crippen molar-refractivity contribution in [3.8, 4) is 0 Å². The second-order valence-corrected chi connectivity index (χ2v) is 4.62. The summed E-state index contributed by atoms with van der Waals surface area (Å²) in [5, 5.41) is 12.1. The SMILES string of the molecule is Cc1ccc([C@H](C)NCc2cc(C(=O)O)co2)cc1. The lowest BCUT2D eigenvalue weighted by atomic mass is 10.1. The number of hydrogen-bond donors (Lipinski definition) is 2. The van der Waals surface area contributed by atoms with E-state index in [1.165, 1.54) is 23.5 Å². The Morgan fingerprint density at radius 3 is 2.63 bits per heavy atom. The quantitative estimate of drug-likeness (QED) is 0.866. The summed E-state index contributed by atoms with van der Waals surface area (Å²) in [4.78, 5) is 10.7. The Balaban J connectivity index is 1.94. The summed E-state index contributed by atoms with van der Waals surface area (Å²) >= 11 is 0. The van der Waals surface area contributed by atoms with E-state index < -0.39 is 5.97 Å². The van der Waals surface area contributed by atoms with E-state index in [-0.39, 0.29) is 11.6 Å². The minimum Gasteiger partial charge on any atom is -0.478 e. The topological polar surface area (TPSA) is 62.5 Å². The Hall–Kier alpha value is -2.07. The minimum atomic E-state index is -0.971. The van der Waals surface area contributed by atoms with Crippen LogP contribution in [0.4, 0.5) is 0 Å². The number of rotatable bonds is 5. The molecule has 2 aromatic rings. The normalized spacial score (nSPS) is 12.3. The smallest absolute Gasteiger partial charge is 0.338 e. The summed E-state index contributed by atoms with van der Waals surface area (Å²) in [6.45, 7) is 4.62. The van der Waals surface area contributed by atoms with Gasteiger partial charge in [0.05, 0.1) is 12.1 Å². The van der Waals surface area contributed by atoms with Gasteiger partial charge in [-0.2, -0.15) is 0 Å². The number of carboxylic acid groups (broad SMARTS) is 1. The maximum atomic E-state index is 10.7. The van der Waals surface area contributed by atoms with Crippen LogP contribution in [0.5, 0.6) is 0 Å². The van der Waals surface area contributed by atoms with Crippen LogP contribution in [0.3, 0.4) is 0 Å². The van der Waals surface area contributed by atoms with E-state index in [0.717, 1.165) is 0 Å². The van der Waals surface area contributed by atoms with Crippen LogP contribution in [0, 0.1) is 6.92 Å². The van der Waals surface area contributed by atoms with Crippen molar-refractivity contribution in [2.24, 2.45) is 0 Å². The molecule has 0 aliphatic carbocycles. The standard InChI is InChI=1S/C15H17NO3/c1-10-3-5-12(6-4-10)11(2)16-8-14-7-13(9-19-14)15(17)18/h3-7,9,11,16H,8H2,1-2H3,(H,17,18)/t11-/m0/s1. The molecule has 1 aromatic carbocycles. The number of carbonyl (C=O) groups is 1. The van der Waals surface area contributed by atoms with Crippen LogP contribution >= 0.6 is 0 Å². The monoisotopic (exact) mass is 259 g/mol. The molecule has 0 saturated heterocycles. The molecule has 1 heterocycles. The van der Waals surface area contributed by atoms with Crippen molar-refractivity contribution in [3.05, 3.63) is 59.0 Å². The highest BCUT2D eigenvalue weighted by molar-refractivity contribution is 5.87. The predicted molar refractivity (Wildman–Crippen MR) is 72.1 cm³/mol. The van der Waals surface area contributed by atoms with Crippen LogP contribution in [0.1, 0.15) is 40.2 Å². The summed E-state index contributed by atoms with van der Waals surface area (Å²) in [5.74, 6) is -0.349. The highest BCUT2D eigenvalue weighted by Crippen LogP contribution is 2.15. The van der Waals surface area contributed by atoms with Crippen molar-refractivity contribution in [2.45, 2.75) is 26.4 Å². The zero-order chi connectivity index (χ0) is 13.8. The lowest BCUT2D eigenvalue weighted by molar-refractivity contribution is 0.0696. The van der Waals surface area contributed by atoms with Crippen molar-refractivity contribution >= 4 is 5.97 Å². The third kappa shape index (κ3) is 3.45. The number of benzene rings is 1. The Labute approximate surface area is 112 Å². The van der Waals surface area contributed by atoms with Crippen LogP contribution in [0.25, 0.3) is 0 Å². The molecule has 0 fully saturated rings. The lowest BCUT2D eigenvalue weighted by Gasteiger charge is -2.13. The Morgan fingerprint density at radius 1 is 1.37 bits per heavy atom. The summed E-state index contributed by atoms with van der Waals surface area (Å²) in [7, 11) is 0. The first-order valence-electron chi connectivity index (χ1n) is 6.17. The molecule has 4 nitrogen and oxygen atoms in total. The van der Waals surface area contributed by atoms with Crippen LogP contribution < -0.4 is 5.32 Å². The maximum absolute atomic E-state index is 10.7. The molecule has 19 heavy (non-hydrogen) atoms. The largest absolute Gasteiger partial charge is 0.478 e. The number of furan rings is 1. The van der Waals surface area contributed by atoms with E-state index in [1.807, 2.05) is 0 Å². The fraction of sp³-hybridized carbons (Fsp3) is 0.267. The number of aryl methyl sites for hydroxylation is 1. The molecule has 0 aliphatic rings. The van der Waals surface area contributed by atoms with Gasteiger partial charge in [-0.1, -0.05) is 29.8 Å². The van der Waals surface area contributed by atoms with Gasteiger partial charge < -0.3 is 14.8 Å². The van der Waals surface area contributed by atoms with Crippen molar-refractivity contribution in [1.29, 1.82) is 0 Å². The molecule has 100 valence electrons. The summed E-state index contributed by atoms with van der Waals surface area (Å²) in [6, 6.07) is 10.0. The van der Waals surface area contributed by atoms with Crippen LogP contribution in [0.15, 0.2) is 41.0 Å². The van der Waals surface area contributed by atoms with Gasteiger partial charge in [0, 0.05) is 6.04 Å². The second kappa shape index (κ2) is 5.71. The van der Waals surface area contributed by atoms with Gasteiger partial charge in [-0.25, -0.2) is 4.79 Å². The predicted octanol–water partition coefficient (Wildman–Crippen LogP) is 3.14. The van der Waals surface area contributed by atoms with Gasteiger partial charge >= 0.3 is 5.97 Å². The molecule has 1 aromatic heterocycles. The fourth-order valence-corrected chi connectivity index (χ4v) is 1.81. The minimum absolute atomic E-state index is 0.180. The summed E-state index contributed by atoms with van der Waals surface area (Å²) in [6.07, 6.45) is 1.26. The third-order valence-electron chi connectivity index (χ3n) is 3.06. The van der Waals surface area contributed by atoms with E-state index in [2.05, 4.69) is 43.4 Å². The number of nitrogens with one attached hydrogen (secondary N) is 1. The van der Waals surface area contributed by atoms with Gasteiger partial charge in [0.1, 0.15) is 12.0 Å². The van der Waals surface area contributed by atoms with E-state index in [4.69, 9.17) is 9.52 Å². The Morgan fingerprint density at radius 2 is 2.05 bits per heavy atom. The molecule has 4 heteroatoms. The maximum Gasteiger partial charge on any atom is 0.338 e. The zero-order valence-electron chi connectivity index (χ0n) is 11.0. The molecule has 2 N–H and O–H groups in total. The molecule has 0 unspecified atom stereocenters. The van der Waals surface area contributed by atoms with Crippen LogP contribution in [-0.2, 0) is 6.54 Å². The van der Waals surface area contributed by atoms with Gasteiger partial charge in [0.2, 0.25) is 0 Å². The van der Waals surface area contributed by atoms with Gasteiger partial charge in [-0.05, 0) is 25.5 Å². The molecule has 0 radical (unpaired) electrons. The van der Waals surface area contributed by atoms with Crippen molar-refractivity contribution in [3.63, 3.8) is 0 Å². The zero-order valence-corrected chi connectivity index (χ0v) is 11.0. The van der Waals surface area contributed by atoms with Crippen molar-refractivity contribution in [1.82, 2.24) is 5.32 Å².